The summed E-state index contributed by atoms with van der Waals surface area (Å²) in [6, 6.07) is 0. The minimum Gasteiger partial charge on any atom is -0.550 e. The summed E-state index contributed by atoms with van der Waals surface area (Å²) in [4.78, 5) is 8.89. The molecule has 0 bridgehead atoms. The third-order valence-electron chi connectivity index (χ3n) is 1.79. The Morgan fingerprint density at radius 2 is 1.11 bits per heavy atom. The first-order valence-electron chi connectivity index (χ1n) is 6.35. The van der Waals surface area contributed by atoms with Crippen LogP contribution in [-0.4, -0.2) is 22.9 Å². The van der Waals surface area contributed by atoms with Gasteiger partial charge in [-0.05, 0) is 23.9 Å². The summed E-state index contributed by atoms with van der Waals surface area (Å²) in [5.41, 5.74) is 3.61. The van der Waals surface area contributed by atoms with Crippen LogP contribution in [0.25, 0.3) is 0 Å². The minimum atomic E-state index is -1.08. The van der Waals surface area contributed by atoms with Gasteiger partial charge in [-0.2, -0.15) is 0 Å². The first kappa shape index (κ1) is 27.5. The summed E-state index contributed by atoms with van der Waals surface area (Å²) in [6.07, 6.45) is 0. The molecule has 0 aromatic rings. The zero-order valence-electron chi connectivity index (χ0n) is 13.7. The summed E-state index contributed by atoms with van der Waals surface area (Å²) in [6.45, 7) is 23.8. The molecule has 0 atom stereocenters. The fraction of sp³-hybridized carbons (Fsp3) is 0.733. The third kappa shape index (κ3) is 32.1. The summed E-state index contributed by atoms with van der Waals surface area (Å²) in [5, 5.41) is 8.89. The number of carboxylic acid groups (broad SMARTS) is 1. The fourth-order valence-electron chi connectivity index (χ4n) is 1.79. The van der Waals surface area contributed by atoms with Crippen LogP contribution in [0.1, 0.15) is 55.4 Å². The average Bonchev–Trinajstić information content (AvgIpc) is 1.96. The molecule has 0 unspecified atom stereocenters. The molecule has 0 aliphatic heterocycles. The van der Waals surface area contributed by atoms with Gasteiger partial charge in [0.15, 0.2) is 0 Å². The van der Waals surface area contributed by atoms with Crippen molar-refractivity contribution in [3.63, 3.8) is 0 Å². The van der Waals surface area contributed by atoms with Crippen LogP contribution < -0.4 is 5.11 Å². The van der Waals surface area contributed by atoms with Crippen LogP contribution in [0.2, 0.25) is 0 Å². The van der Waals surface area contributed by atoms with E-state index in [2.05, 4.69) is 55.0 Å². The Hall–Kier alpha value is 0.172. The molecule has 0 heterocycles. The molecular weight excluding hydrogens is 350 g/mol. The SMILES string of the molecule is C=C([CH2-])C.CC(=O)[O-].CC(C)P(C(C)C)C(C)C.[Pd+2]. The maximum atomic E-state index is 8.89. The van der Waals surface area contributed by atoms with Crippen LogP contribution >= 0.6 is 7.92 Å². The van der Waals surface area contributed by atoms with Crippen molar-refractivity contribution < 1.29 is 30.3 Å². The molecule has 0 saturated carbocycles. The molecule has 2 nitrogen and oxygen atoms in total. The Morgan fingerprint density at radius 1 is 1.00 bits per heavy atom. The number of hydrogen-bond donors (Lipinski definition) is 0. The quantitative estimate of drug-likeness (QED) is 0.424. The zero-order chi connectivity index (χ0) is 15.5. The fourth-order valence-corrected chi connectivity index (χ4v) is 5.37. The molecule has 0 spiro atoms. The molecule has 0 aromatic heterocycles. The predicted molar refractivity (Wildman–Crippen MR) is 83.2 cm³/mol. The van der Waals surface area contributed by atoms with Crippen LogP contribution in [0.3, 0.4) is 0 Å². The first-order valence-corrected chi connectivity index (χ1v) is 7.90. The molecule has 19 heavy (non-hydrogen) atoms. The molecule has 0 N–H and O–H groups in total. The normalized spacial score (nSPS) is 9.26. The molecule has 0 radical (unpaired) electrons. The van der Waals surface area contributed by atoms with E-state index in [0.717, 1.165) is 29.5 Å². The van der Waals surface area contributed by atoms with Crippen molar-refractivity contribution in [3.8, 4) is 0 Å². The van der Waals surface area contributed by atoms with Gasteiger partial charge in [0.1, 0.15) is 0 Å². The average molecular weight is 381 g/mol. The predicted octanol–water partition coefficient (Wildman–Crippen LogP) is 3.84. The Labute approximate surface area is 135 Å². The van der Waals surface area contributed by atoms with Gasteiger partial charge in [-0.25, -0.2) is 19.1 Å². The summed E-state index contributed by atoms with van der Waals surface area (Å²) < 4.78 is 0. The zero-order valence-corrected chi connectivity index (χ0v) is 16.2. The molecule has 0 aromatic carbocycles. The van der Waals surface area contributed by atoms with Gasteiger partial charge in [-0.1, -0.05) is 56.4 Å². The van der Waals surface area contributed by atoms with Gasteiger partial charge < -0.3 is 9.90 Å². The van der Waals surface area contributed by atoms with Crippen LogP contribution in [0.4, 0.5) is 0 Å². The second-order valence-electron chi connectivity index (χ2n) is 5.18. The second kappa shape index (κ2) is 16.2. The number of rotatable bonds is 3. The molecule has 0 rings (SSSR count). The first-order chi connectivity index (χ1) is 7.93. The van der Waals surface area contributed by atoms with E-state index in [-0.39, 0.29) is 28.3 Å². The van der Waals surface area contributed by atoms with Gasteiger partial charge in [0.25, 0.3) is 0 Å². The monoisotopic (exact) mass is 380 g/mol. The maximum Gasteiger partial charge on any atom is 2.00 e. The van der Waals surface area contributed by atoms with E-state index in [4.69, 9.17) is 9.90 Å². The van der Waals surface area contributed by atoms with E-state index < -0.39 is 5.97 Å². The van der Waals surface area contributed by atoms with Gasteiger partial charge in [0.05, 0.1) is 0 Å². The molecule has 0 saturated heterocycles. The molecule has 0 aliphatic carbocycles. The van der Waals surface area contributed by atoms with Crippen molar-refractivity contribution in [1.82, 2.24) is 0 Å². The van der Waals surface area contributed by atoms with Crippen molar-refractivity contribution in [2.24, 2.45) is 0 Å². The third-order valence-corrected chi connectivity index (χ3v) is 5.37. The standard InChI is InChI=1S/C9H21P.C4H7.C2H4O2.Pd/c1-7(2)10(8(3)4)9(5)6;1-4(2)3;1-2(3)4;/h7-9H,1-6H3;1-2H2,3H3;1H3,(H,3,4);/q;-1;;+2/p-1. The Balaban J connectivity index is -0.000000105. The second-order valence-corrected chi connectivity index (χ2v) is 9.17. The van der Waals surface area contributed by atoms with E-state index in [1.807, 2.05) is 6.92 Å². The summed E-state index contributed by atoms with van der Waals surface area (Å²) in [7, 11) is 0.262. The van der Waals surface area contributed by atoms with Crippen LogP contribution in [0.5, 0.6) is 0 Å². The number of carbonyl (C=O) groups is 1. The molecule has 0 amide bonds. The smallest absolute Gasteiger partial charge is 0.550 e. The van der Waals surface area contributed by atoms with Gasteiger partial charge in [0, 0.05) is 5.97 Å². The van der Waals surface area contributed by atoms with E-state index in [1.54, 1.807) is 0 Å². The number of carbonyl (C=O) groups excluding carboxylic acids is 1. The minimum absolute atomic E-state index is 0. The van der Waals surface area contributed by atoms with Crippen molar-refractivity contribution >= 4 is 13.9 Å². The molecular formula is C15H31O2PPd. The van der Waals surface area contributed by atoms with Crippen molar-refractivity contribution in [2.45, 2.75) is 72.4 Å². The van der Waals surface area contributed by atoms with Crippen molar-refractivity contribution in [2.75, 3.05) is 0 Å². The maximum absolute atomic E-state index is 8.89. The number of allylic oxidation sites excluding steroid dienone is 1. The van der Waals surface area contributed by atoms with E-state index >= 15 is 0 Å². The summed E-state index contributed by atoms with van der Waals surface area (Å²) in [5.74, 6) is -1.08. The number of carboxylic acids is 1. The van der Waals surface area contributed by atoms with Crippen LogP contribution in [0.15, 0.2) is 12.2 Å². The van der Waals surface area contributed by atoms with E-state index in [9.17, 15) is 0 Å². The molecule has 118 valence electrons. The topological polar surface area (TPSA) is 40.1 Å². The number of aliphatic carboxylic acids is 1. The van der Waals surface area contributed by atoms with E-state index in [0.29, 0.717) is 0 Å². The molecule has 0 aliphatic rings. The van der Waals surface area contributed by atoms with Crippen LogP contribution in [-0.2, 0) is 25.2 Å². The number of hydrogen-bond acceptors (Lipinski definition) is 2. The van der Waals surface area contributed by atoms with Gasteiger partial charge in [-0.3, -0.25) is 0 Å². The Morgan fingerprint density at radius 3 is 1.11 bits per heavy atom. The van der Waals surface area contributed by atoms with Gasteiger partial charge >= 0.3 is 20.4 Å². The van der Waals surface area contributed by atoms with Crippen molar-refractivity contribution in [3.05, 3.63) is 19.1 Å². The van der Waals surface area contributed by atoms with Crippen molar-refractivity contribution in [1.29, 1.82) is 0 Å². The van der Waals surface area contributed by atoms with Gasteiger partial charge in [0.2, 0.25) is 0 Å². The molecule has 0 fully saturated rings. The van der Waals surface area contributed by atoms with Gasteiger partial charge in [-0.15, -0.1) is 0 Å². The summed E-state index contributed by atoms with van der Waals surface area (Å²) >= 11 is 0. The largest absolute Gasteiger partial charge is 2.00 e. The molecule has 4 heteroatoms. The Kier molecular flexibility index (Phi) is 23.5. The van der Waals surface area contributed by atoms with E-state index in [1.165, 1.54) is 0 Å². The Bertz CT molecular complexity index is 187. The van der Waals surface area contributed by atoms with Crippen LogP contribution in [0, 0.1) is 6.92 Å².